The monoisotopic (exact) mass is 299 g/mol. The van der Waals surface area contributed by atoms with Gasteiger partial charge in [0.15, 0.2) is 0 Å². The van der Waals surface area contributed by atoms with Crippen LogP contribution < -0.4 is 5.32 Å². The second kappa shape index (κ2) is 5.31. The fourth-order valence-corrected chi connectivity index (χ4v) is 2.78. The van der Waals surface area contributed by atoms with Crippen LogP contribution in [-0.2, 0) is 0 Å². The molecule has 0 aromatic carbocycles. The Morgan fingerprint density at radius 2 is 2.24 bits per heavy atom. The second-order valence-corrected chi connectivity index (χ2v) is 5.91. The molecule has 1 saturated carbocycles. The van der Waals surface area contributed by atoms with E-state index in [9.17, 15) is 5.11 Å². The smallest absolute Gasteiger partial charge is 0.223 e. The molecule has 0 spiro atoms. The van der Waals surface area contributed by atoms with E-state index in [-0.39, 0.29) is 12.1 Å². The molecule has 1 fully saturated rings. The molecule has 17 heavy (non-hydrogen) atoms. The van der Waals surface area contributed by atoms with Crippen molar-refractivity contribution in [1.29, 1.82) is 0 Å². The van der Waals surface area contributed by atoms with Crippen LogP contribution in [0.2, 0.25) is 0 Å². The maximum atomic E-state index is 9.65. The Hall–Kier alpha value is -0.680. The first-order valence-corrected chi connectivity index (χ1v) is 6.79. The van der Waals surface area contributed by atoms with Crippen molar-refractivity contribution in [2.24, 2.45) is 5.92 Å². The molecule has 2 rings (SSSR count). The molecular weight excluding hydrogens is 282 g/mol. The largest absolute Gasteiger partial charge is 0.394 e. The van der Waals surface area contributed by atoms with Crippen LogP contribution in [0.1, 0.15) is 32.6 Å². The average Bonchev–Trinajstić information content (AvgIpc) is 2.32. The topological polar surface area (TPSA) is 58.0 Å². The minimum Gasteiger partial charge on any atom is -0.394 e. The van der Waals surface area contributed by atoms with Crippen LogP contribution in [-0.4, -0.2) is 27.2 Å². The van der Waals surface area contributed by atoms with Gasteiger partial charge >= 0.3 is 0 Å². The van der Waals surface area contributed by atoms with E-state index in [0.717, 1.165) is 23.7 Å². The molecule has 2 atom stereocenters. The van der Waals surface area contributed by atoms with E-state index in [1.54, 1.807) is 12.4 Å². The van der Waals surface area contributed by atoms with Crippen molar-refractivity contribution >= 4 is 21.9 Å². The lowest BCUT2D eigenvalue weighted by atomic mass is 9.77. The maximum Gasteiger partial charge on any atom is 0.223 e. The first-order valence-electron chi connectivity index (χ1n) is 6.00. The van der Waals surface area contributed by atoms with Crippen LogP contribution in [0.4, 0.5) is 5.95 Å². The predicted molar refractivity (Wildman–Crippen MR) is 70.8 cm³/mol. The van der Waals surface area contributed by atoms with E-state index in [0.29, 0.717) is 11.9 Å². The summed E-state index contributed by atoms with van der Waals surface area (Å²) in [5.41, 5.74) is -0.245. The predicted octanol–water partition coefficient (Wildman–Crippen LogP) is 2.59. The van der Waals surface area contributed by atoms with Crippen molar-refractivity contribution in [3.8, 4) is 0 Å². The summed E-state index contributed by atoms with van der Waals surface area (Å²) >= 11 is 3.31. The highest BCUT2D eigenvalue weighted by Gasteiger charge is 2.34. The van der Waals surface area contributed by atoms with Gasteiger partial charge in [-0.2, -0.15) is 0 Å². The summed E-state index contributed by atoms with van der Waals surface area (Å²) < 4.78 is 0.859. The number of anilines is 1. The van der Waals surface area contributed by atoms with Gasteiger partial charge in [-0.05, 0) is 34.7 Å². The molecule has 1 aromatic heterocycles. The minimum atomic E-state index is -0.245. The summed E-state index contributed by atoms with van der Waals surface area (Å²) in [6.45, 7) is 2.37. The van der Waals surface area contributed by atoms with Gasteiger partial charge in [0.05, 0.1) is 16.6 Å². The lowest BCUT2D eigenvalue weighted by Crippen LogP contribution is -2.46. The van der Waals surface area contributed by atoms with Crippen LogP contribution >= 0.6 is 15.9 Å². The lowest BCUT2D eigenvalue weighted by molar-refractivity contribution is 0.149. The van der Waals surface area contributed by atoms with Crippen molar-refractivity contribution in [2.45, 2.75) is 38.1 Å². The number of hydrogen-bond donors (Lipinski definition) is 2. The molecule has 2 N–H and O–H groups in total. The molecule has 0 saturated heterocycles. The maximum absolute atomic E-state index is 9.65. The van der Waals surface area contributed by atoms with Gasteiger partial charge in [0.2, 0.25) is 5.95 Å². The van der Waals surface area contributed by atoms with Gasteiger partial charge in [0, 0.05) is 12.4 Å². The van der Waals surface area contributed by atoms with Gasteiger partial charge in [-0.15, -0.1) is 0 Å². The normalized spacial score (nSPS) is 29.0. The summed E-state index contributed by atoms with van der Waals surface area (Å²) in [4.78, 5) is 8.42. The van der Waals surface area contributed by atoms with Crippen molar-refractivity contribution in [1.82, 2.24) is 9.97 Å². The third-order valence-electron chi connectivity index (χ3n) is 3.39. The van der Waals surface area contributed by atoms with Crippen molar-refractivity contribution in [2.75, 3.05) is 11.9 Å². The zero-order chi connectivity index (χ0) is 12.3. The zero-order valence-corrected chi connectivity index (χ0v) is 11.6. The molecule has 1 aliphatic carbocycles. The van der Waals surface area contributed by atoms with Crippen LogP contribution in [0.3, 0.4) is 0 Å². The Morgan fingerprint density at radius 1 is 1.53 bits per heavy atom. The second-order valence-electron chi connectivity index (χ2n) is 4.99. The third-order valence-corrected chi connectivity index (χ3v) is 3.80. The summed E-state index contributed by atoms with van der Waals surface area (Å²) in [7, 11) is 0. The summed E-state index contributed by atoms with van der Waals surface area (Å²) in [6.07, 6.45) is 7.77. The van der Waals surface area contributed by atoms with E-state index in [1.807, 2.05) is 0 Å². The first-order chi connectivity index (χ1) is 8.13. The van der Waals surface area contributed by atoms with Gasteiger partial charge < -0.3 is 10.4 Å². The molecule has 0 radical (unpaired) electrons. The zero-order valence-electron chi connectivity index (χ0n) is 9.99. The van der Waals surface area contributed by atoms with Gasteiger partial charge in [0.1, 0.15) is 0 Å². The first kappa shape index (κ1) is 12.8. The van der Waals surface area contributed by atoms with E-state index in [4.69, 9.17) is 0 Å². The van der Waals surface area contributed by atoms with Crippen LogP contribution in [0.5, 0.6) is 0 Å². The van der Waals surface area contributed by atoms with Gasteiger partial charge in [0.25, 0.3) is 0 Å². The molecule has 94 valence electrons. The Kier molecular flexibility index (Phi) is 3.99. The molecule has 0 bridgehead atoms. The van der Waals surface area contributed by atoms with Gasteiger partial charge in [-0.25, -0.2) is 9.97 Å². The van der Waals surface area contributed by atoms with E-state index in [1.165, 1.54) is 6.42 Å². The standard InChI is InChI=1S/C12H18BrN3O/c1-9-3-2-4-12(5-9,8-17)16-11-14-6-10(13)7-15-11/h6-7,9,17H,2-5,8H2,1H3,(H,14,15,16). The van der Waals surface area contributed by atoms with E-state index < -0.39 is 0 Å². The van der Waals surface area contributed by atoms with Crippen molar-refractivity contribution in [3.05, 3.63) is 16.9 Å². The Balaban J connectivity index is 2.10. The Labute approximate surface area is 110 Å². The summed E-state index contributed by atoms with van der Waals surface area (Å²) in [6, 6.07) is 0. The summed E-state index contributed by atoms with van der Waals surface area (Å²) in [5, 5.41) is 13.0. The Morgan fingerprint density at radius 3 is 2.82 bits per heavy atom. The molecule has 0 aliphatic heterocycles. The number of nitrogens with one attached hydrogen (secondary N) is 1. The fourth-order valence-electron chi connectivity index (χ4n) is 2.57. The number of aliphatic hydroxyl groups excluding tert-OH is 1. The molecule has 2 unspecified atom stereocenters. The van der Waals surface area contributed by atoms with Crippen LogP contribution in [0, 0.1) is 5.92 Å². The highest BCUT2D eigenvalue weighted by Crippen LogP contribution is 2.34. The SMILES string of the molecule is CC1CCCC(CO)(Nc2ncc(Br)cn2)C1. The number of aromatic nitrogens is 2. The number of halogens is 1. The molecule has 4 nitrogen and oxygen atoms in total. The molecule has 1 heterocycles. The average molecular weight is 300 g/mol. The lowest BCUT2D eigenvalue weighted by Gasteiger charge is -2.39. The third kappa shape index (κ3) is 3.16. The molecule has 1 aromatic rings. The van der Waals surface area contributed by atoms with Crippen LogP contribution in [0.25, 0.3) is 0 Å². The number of rotatable bonds is 3. The van der Waals surface area contributed by atoms with Gasteiger partial charge in [-0.1, -0.05) is 19.8 Å². The Bertz CT molecular complexity index is 371. The fraction of sp³-hybridized carbons (Fsp3) is 0.667. The van der Waals surface area contributed by atoms with E-state index >= 15 is 0 Å². The highest BCUT2D eigenvalue weighted by molar-refractivity contribution is 9.10. The van der Waals surface area contributed by atoms with Crippen molar-refractivity contribution in [3.63, 3.8) is 0 Å². The molecule has 5 heteroatoms. The van der Waals surface area contributed by atoms with Crippen molar-refractivity contribution < 1.29 is 5.11 Å². The number of hydrogen-bond acceptors (Lipinski definition) is 4. The number of aliphatic hydroxyl groups is 1. The highest BCUT2D eigenvalue weighted by atomic mass is 79.9. The van der Waals surface area contributed by atoms with Crippen LogP contribution in [0.15, 0.2) is 16.9 Å². The summed E-state index contributed by atoms with van der Waals surface area (Å²) in [5.74, 6) is 1.23. The van der Waals surface area contributed by atoms with E-state index in [2.05, 4.69) is 38.1 Å². The quantitative estimate of drug-likeness (QED) is 0.901. The molecular formula is C12H18BrN3O. The molecule has 0 amide bonds. The minimum absolute atomic E-state index is 0.136. The molecule has 1 aliphatic rings. The number of nitrogens with zero attached hydrogens (tertiary/aromatic N) is 2. The van der Waals surface area contributed by atoms with Gasteiger partial charge in [-0.3, -0.25) is 0 Å².